The van der Waals surface area contributed by atoms with Gasteiger partial charge in [0.25, 0.3) is 0 Å². The Morgan fingerprint density at radius 3 is 1.36 bits per heavy atom. The van der Waals surface area contributed by atoms with Crippen molar-refractivity contribution in [2.75, 3.05) is 0 Å². The van der Waals surface area contributed by atoms with Crippen molar-refractivity contribution in [3.05, 3.63) is 65.1 Å². The summed E-state index contributed by atoms with van der Waals surface area (Å²) in [6.45, 7) is 26.2. The molecule has 0 aromatic heterocycles. The second kappa shape index (κ2) is 17.8. The first kappa shape index (κ1) is 43.3. The topological polar surface area (TPSA) is 65.2 Å². The van der Waals surface area contributed by atoms with E-state index < -0.39 is 0 Å². The quantitative estimate of drug-likeness (QED) is 0.244. The van der Waals surface area contributed by atoms with Crippen molar-refractivity contribution in [1.82, 2.24) is 0 Å². The Labute approximate surface area is 308 Å². The van der Waals surface area contributed by atoms with Crippen LogP contribution in [-0.2, 0) is 42.4 Å². The van der Waals surface area contributed by atoms with Crippen LogP contribution in [0.3, 0.4) is 0 Å². The summed E-state index contributed by atoms with van der Waals surface area (Å²) < 4.78 is 0. The molecule has 0 heterocycles. The molecular weight excluding hydrogens is 656 g/mol. The molecule has 4 nitrogen and oxygen atoms in total. The number of hydrogen-bond donors (Lipinski definition) is 2. The van der Waals surface area contributed by atoms with E-state index in [4.69, 9.17) is 9.98 Å². The van der Waals surface area contributed by atoms with E-state index in [9.17, 15) is 10.2 Å². The van der Waals surface area contributed by atoms with Crippen molar-refractivity contribution in [3.63, 3.8) is 0 Å². The number of rotatable bonds is 4. The van der Waals surface area contributed by atoms with Gasteiger partial charge in [-0.25, -0.2) is 0 Å². The molecule has 5 heteroatoms. The van der Waals surface area contributed by atoms with Gasteiger partial charge in [-0.2, -0.15) is 0 Å². The molecule has 2 N–H and O–H groups in total. The van der Waals surface area contributed by atoms with E-state index in [-0.39, 0.29) is 49.9 Å². The van der Waals surface area contributed by atoms with Gasteiger partial charge in [-0.1, -0.05) is 114 Å². The molecule has 2 aromatic carbocycles. The Morgan fingerprint density at radius 2 is 0.979 bits per heavy atom. The molecule has 4 unspecified atom stereocenters. The first-order valence-corrected chi connectivity index (χ1v) is 17.6. The molecule has 2 fully saturated rings. The van der Waals surface area contributed by atoms with Gasteiger partial charge in [0.2, 0.25) is 0 Å². The largest absolute Gasteiger partial charge is 0.507 e. The standard InChI is InChI=1S/C22H35NO.C19H29NO.CH3.Zr/c1-15-10-8-9-11-19(15)23-14-16-12-17(21(2,3)4)13-18(20(16)24)22(5,6)7;1-13-10-15(18(21)16(11-13)19(3,4)5)12-20-17-9-7-6-8-14(17)2;;/h12-15,19,24H,8-11H2,1-7H3;10-12,14,17,21H,6-9H2,1-5H3;1H3;/q;;-1;. The van der Waals surface area contributed by atoms with E-state index in [0.717, 1.165) is 22.3 Å². The zero-order chi connectivity index (χ0) is 33.7. The fraction of sp³-hybridized carbons (Fsp3) is 0.643. The van der Waals surface area contributed by atoms with E-state index in [1.165, 1.54) is 62.5 Å². The van der Waals surface area contributed by atoms with E-state index in [1.807, 2.05) is 18.5 Å². The summed E-state index contributed by atoms with van der Waals surface area (Å²) in [7, 11) is 0. The van der Waals surface area contributed by atoms with Crippen LogP contribution in [0, 0.1) is 26.2 Å². The van der Waals surface area contributed by atoms with Gasteiger partial charge in [0.15, 0.2) is 0 Å². The Balaban J connectivity index is 0.000000454. The van der Waals surface area contributed by atoms with Crippen molar-refractivity contribution >= 4 is 12.4 Å². The van der Waals surface area contributed by atoms with Crippen molar-refractivity contribution in [2.24, 2.45) is 21.8 Å². The van der Waals surface area contributed by atoms with Crippen molar-refractivity contribution < 1.29 is 36.4 Å². The van der Waals surface area contributed by atoms with Gasteiger partial charge in [0.05, 0.1) is 12.1 Å². The molecule has 262 valence electrons. The summed E-state index contributed by atoms with van der Waals surface area (Å²) in [6, 6.07) is 9.20. The van der Waals surface area contributed by atoms with Crippen LogP contribution in [0.5, 0.6) is 11.5 Å². The average molecular weight is 723 g/mol. The summed E-state index contributed by atoms with van der Waals surface area (Å²) in [6.07, 6.45) is 13.9. The minimum atomic E-state index is -0.0912. The number of aromatic hydroxyl groups is 2. The van der Waals surface area contributed by atoms with E-state index >= 15 is 0 Å². The maximum absolute atomic E-state index is 10.8. The smallest absolute Gasteiger partial charge is 0.128 e. The van der Waals surface area contributed by atoms with E-state index in [1.54, 1.807) is 0 Å². The zero-order valence-corrected chi connectivity index (χ0v) is 34.7. The van der Waals surface area contributed by atoms with Crippen LogP contribution in [0.1, 0.15) is 161 Å². The van der Waals surface area contributed by atoms with Crippen molar-refractivity contribution in [2.45, 2.75) is 163 Å². The molecule has 0 saturated heterocycles. The maximum atomic E-state index is 10.8. The number of phenolic OH excluding ortho intramolecular Hbond substituents is 2. The van der Waals surface area contributed by atoms with E-state index in [2.05, 4.69) is 101 Å². The van der Waals surface area contributed by atoms with Crippen LogP contribution >= 0.6 is 0 Å². The molecule has 4 atom stereocenters. The van der Waals surface area contributed by atoms with Crippen LogP contribution < -0.4 is 0 Å². The van der Waals surface area contributed by atoms with Gasteiger partial charge < -0.3 is 17.6 Å². The van der Waals surface area contributed by atoms with Crippen LogP contribution in [-0.4, -0.2) is 34.7 Å². The molecule has 47 heavy (non-hydrogen) atoms. The molecular formula is C42H67N2O2Zr-. The fourth-order valence-corrected chi connectivity index (χ4v) is 6.63. The van der Waals surface area contributed by atoms with Gasteiger partial charge in [-0.05, 0) is 83.9 Å². The Hall–Kier alpha value is -1.74. The second-order valence-corrected chi connectivity index (χ2v) is 17.2. The SMILES string of the molecule is CC1CCCCC1N=Cc1cc(C(C)(C)C)cc(C(C)(C)C)c1O.Cc1cc(C=NC2CCCCC2C)c(O)c(C(C)(C)C)c1.[CH3-].[Zr]. The Kier molecular flexibility index (Phi) is 16.4. The predicted molar refractivity (Wildman–Crippen MR) is 201 cm³/mol. The van der Waals surface area contributed by atoms with Crippen LogP contribution in [0.25, 0.3) is 0 Å². The van der Waals surface area contributed by atoms with Gasteiger partial charge in [-0.15, -0.1) is 0 Å². The molecule has 0 aliphatic heterocycles. The van der Waals surface area contributed by atoms with Crippen LogP contribution in [0.2, 0.25) is 0 Å². The minimum absolute atomic E-state index is 0. The number of aliphatic imine (C=N–C) groups is 2. The van der Waals surface area contributed by atoms with Crippen LogP contribution in [0.4, 0.5) is 0 Å². The summed E-state index contributed by atoms with van der Waals surface area (Å²) in [5.41, 5.74) is 6.06. The Bertz CT molecular complexity index is 1340. The Morgan fingerprint density at radius 1 is 0.596 bits per heavy atom. The van der Waals surface area contributed by atoms with Crippen molar-refractivity contribution in [1.29, 1.82) is 0 Å². The number of hydrogen-bond acceptors (Lipinski definition) is 4. The summed E-state index contributed by atoms with van der Waals surface area (Å²) >= 11 is 0. The second-order valence-electron chi connectivity index (χ2n) is 17.2. The van der Waals surface area contributed by atoms with Crippen LogP contribution in [0.15, 0.2) is 34.3 Å². The van der Waals surface area contributed by atoms with Gasteiger partial charge in [0, 0.05) is 60.9 Å². The number of nitrogens with zero attached hydrogens (tertiary/aromatic N) is 2. The third kappa shape index (κ3) is 12.3. The monoisotopic (exact) mass is 721 g/mol. The molecule has 2 aliphatic rings. The minimum Gasteiger partial charge on any atom is -0.507 e. The third-order valence-electron chi connectivity index (χ3n) is 9.85. The van der Waals surface area contributed by atoms with Gasteiger partial charge >= 0.3 is 0 Å². The van der Waals surface area contributed by atoms with Crippen molar-refractivity contribution in [3.8, 4) is 11.5 Å². The average Bonchev–Trinajstić information content (AvgIpc) is 2.93. The summed E-state index contributed by atoms with van der Waals surface area (Å²) in [5.74, 6) is 2.08. The summed E-state index contributed by atoms with van der Waals surface area (Å²) in [5, 5.41) is 21.4. The first-order valence-electron chi connectivity index (χ1n) is 17.6. The van der Waals surface area contributed by atoms with E-state index in [0.29, 0.717) is 35.4 Å². The zero-order valence-electron chi connectivity index (χ0n) is 32.2. The summed E-state index contributed by atoms with van der Waals surface area (Å²) in [4.78, 5) is 9.63. The normalized spacial score (nSPS) is 22.3. The molecule has 0 spiro atoms. The molecule has 0 bridgehead atoms. The molecule has 0 radical (unpaired) electrons. The maximum Gasteiger partial charge on any atom is 0.128 e. The number of phenols is 2. The predicted octanol–water partition coefficient (Wildman–Crippen LogP) is 11.4. The third-order valence-corrected chi connectivity index (χ3v) is 9.85. The molecule has 2 saturated carbocycles. The van der Waals surface area contributed by atoms with Gasteiger partial charge in [0.1, 0.15) is 11.5 Å². The molecule has 2 aromatic rings. The number of aryl methyl sites for hydroxylation is 1. The molecule has 2 aliphatic carbocycles. The fourth-order valence-electron chi connectivity index (χ4n) is 6.63. The number of benzene rings is 2. The van der Waals surface area contributed by atoms with Gasteiger partial charge in [-0.3, -0.25) is 9.98 Å². The molecule has 0 amide bonds. The first-order chi connectivity index (χ1) is 20.8. The molecule has 4 rings (SSSR count).